The number of hydrogen-bond acceptors (Lipinski definition) is 4. The van der Waals surface area contributed by atoms with Crippen LogP contribution < -0.4 is 5.73 Å². The average Bonchev–Trinajstić information content (AvgIpc) is 2.36. The minimum absolute atomic E-state index is 0.251. The second-order valence-electron chi connectivity index (χ2n) is 6.22. The highest BCUT2D eigenvalue weighted by molar-refractivity contribution is 8.00. The van der Waals surface area contributed by atoms with Crippen molar-refractivity contribution in [3.8, 4) is 0 Å². The number of hydrogen-bond donors (Lipinski definition) is 1. The molecule has 0 spiro atoms. The summed E-state index contributed by atoms with van der Waals surface area (Å²) in [6, 6.07) is 1.31. The zero-order chi connectivity index (χ0) is 13.3. The first-order valence-electron chi connectivity index (χ1n) is 7.29. The number of likely N-dealkylation sites (tertiary alicyclic amines) is 1. The van der Waals surface area contributed by atoms with Crippen molar-refractivity contribution in [1.82, 2.24) is 9.80 Å². The smallest absolute Gasteiger partial charge is 0.0362 e. The molecule has 0 aromatic heterocycles. The quantitative estimate of drug-likeness (QED) is 0.827. The molecule has 2 rings (SSSR count). The standard InChI is InChI=1S/C14H29N3S/c1-11-9-14(10-15,5-6-16(11)4)17-7-8-18-13(3)12(17)2/h11-13H,5-10,15H2,1-4H3. The fraction of sp³-hybridized carbons (Fsp3) is 1.00. The minimum atomic E-state index is 0.251. The summed E-state index contributed by atoms with van der Waals surface area (Å²) in [6.45, 7) is 10.3. The van der Waals surface area contributed by atoms with Crippen molar-refractivity contribution in [2.24, 2.45) is 5.73 Å². The molecule has 4 unspecified atom stereocenters. The lowest BCUT2D eigenvalue weighted by Gasteiger charge is -2.55. The predicted molar refractivity (Wildman–Crippen MR) is 81.2 cm³/mol. The summed E-state index contributed by atoms with van der Waals surface area (Å²) in [4.78, 5) is 5.21. The maximum absolute atomic E-state index is 6.22. The van der Waals surface area contributed by atoms with Crippen LogP contribution in [0.5, 0.6) is 0 Å². The van der Waals surface area contributed by atoms with Crippen molar-refractivity contribution in [2.45, 2.75) is 56.5 Å². The third-order valence-electron chi connectivity index (χ3n) is 5.23. The van der Waals surface area contributed by atoms with Gasteiger partial charge in [-0.1, -0.05) is 6.92 Å². The molecule has 0 aliphatic carbocycles. The minimum Gasteiger partial charge on any atom is -0.329 e. The fourth-order valence-electron chi connectivity index (χ4n) is 3.58. The molecular formula is C14H29N3S. The number of thioether (sulfide) groups is 1. The monoisotopic (exact) mass is 271 g/mol. The lowest BCUT2D eigenvalue weighted by Crippen LogP contribution is -2.65. The molecule has 2 aliphatic heterocycles. The zero-order valence-electron chi connectivity index (χ0n) is 12.4. The van der Waals surface area contributed by atoms with E-state index in [1.54, 1.807) is 0 Å². The first-order chi connectivity index (χ1) is 8.50. The Labute approximate surface area is 116 Å². The summed E-state index contributed by atoms with van der Waals surface area (Å²) in [5.41, 5.74) is 6.47. The molecule has 106 valence electrons. The zero-order valence-corrected chi connectivity index (χ0v) is 13.2. The molecule has 0 amide bonds. The van der Waals surface area contributed by atoms with E-state index in [0.29, 0.717) is 12.1 Å². The van der Waals surface area contributed by atoms with Gasteiger partial charge in [-0.3, -0.25) is 4.90 Å². The number of rotatable bonds is 2. The molecule has 18 heavy (non-hydrogen) atoms. The lowest BCUT2D eigenvalue weighted by atomic mass is 9.81. The Morgan fingerprint density at radius 3 is 2.61 bits per heavy atom. The molecule has 0 aromatic carbocycles. The summed E-state index contributed by atoms with van der Waals surface area (Å²) in [5, 5.41) is 0.733. The van der Waals surface area contributed by atoms with Crippen molar-refractivity contribution in [3.05, 3.63) is 0 Å². The molecular weight excluding hydrogens is 242 g/mol. The molecule has 0 saturated carbocycles. The predicted octanol–water partition coefficient (Wildman–Crippen LogP) is 1.62. The normalized spacial score (nSPS) is 44.2. The van der Waals surface area contributed by atoms with Crippen LogP contribution in [0.3, 0.4) is 0 Å². The van der Waals surface area contributed by atoms with Crippen molar-refractivity contribution in [2.75, 3.05) is 32.4 Å². The highest BCUT2D eigenvalue weighted by Crippen LogP contribution is 2.37. The van der Waals surface area contributed by atoms with Gasteiger partial charge in [-0.2, -0.15) is 11.8 Å². The molecule has 3 nitrogen and oxygen atoms in total. The molecule has 0 radical (unpaired) electrons. The van der Waals surface area contributed by atoms with E-state index in [-0.39, 0.29) is 5.54 Å². The maximum atomic E-state index is 6.22. The van der Waals surface area contributed by atoms with E-state index in [0.717, 1.165) is 11.8 Å². The average molecular weight is 271 g/mol. The van der Waals surface area contributed by atoms with Gasteiger partial charge < -0.3 is 10.6 Å². The molecule has 4 atom stereocenters. The largest absolute Gasteiger partial charge is 0.329 e. The molecule has 2 fully saturated rings. The van der Waals surface area contributed by atoms with Crippen LogP contribution in [-0.2, 0) is 0 Å². The Bertz CT molecular complexity index is 286. The van der Waals surface area contributed by atoms with Crippen LogP contribution in [0.2, 0.25) is 0 Å². The highest BCUT2D eigenvalue weighted by Gasteiger charge is 2.44. The van der Waals surface area contributed by atoms with Crippen molar-refractivity contribution in [3.63, 3.8) is 0 Å². The molecule has 2 aliphatic rings. The Hall–Kier alpha value is 0.230. The van der Waals surface area contributed by atoms with Crippen LogP contribution in [0, 0.1) is 0 Å². The van der Waals surface area contributed by atoms with Crippen LogP contribution >= 0.6 is 11.8 Å². The highest BCUT2D eigenvalue weighted by atomic mass is 32.2. The van der Waals surface area contributed by atoms with Gasteiger partial charge in [0.05, 0.1) is 0 Å². The summed E-state index contributed by atoms with van der Waals surface area (Å²) in [5.74, 6) is 1.26. The van der Waals surface area contributed by atoms with Gasteiger partial charge in [0.25, 0.3) is 0 Å². The van der Waals surface area contributed by atoms with Gasteiger partial charge in [0.1, 0.15) is 0 Å². The number of piperidine rings is 1. The van der Waals surface area contributed by atoms with Gasteiger partial charge in [0.15, 0.2) is 0 Å². The number of nitrogens with zero attached hydrogens (tertiary/aromatic N) is 2. The van der Waals surface area contributed by atoms with Crippen molar-refractivity contribution >= 4 is 11.8 Å². The van der Waals surface area contributed by atoms with Crippen LogP contribution in [0.25, 0.3) is 0 Å². The molecule has 2 saturated heterocycles. The summed E-state index contributed by atoms with van der Waals surface area (Å²) >= 11 is 2.11. The Balaban J connectivity index is 2.16. The van der Waals surface area contributed by atoms with Gasteiger partial charge in [-0.15, -0.1) is 0 Å². The molecule has 0 bridgehead atoms. The summed E-state index contributed by atoms with van der Waals surface area (Å²) in [6.07, 6.45) is 2.45. The second kappa shape index (κ2) is 5.70. The van der Waals surface area contributed by atoms with E-state index in [9.17, 15) is 0 Å². The topological polar surface area (TPSA) is 32.5 Å². The van der Waals surface area contributed by atoms with Gasteiger partial charge in [0, 0.05) is 41.7 Å². The van der Waals surface area contributed by atoms with Crippen LogP contribution in [0.15, 0.2) is 0 Å². The SMILES string of the molecule is CC1SCCN(C2(CN)CCN(C)C(C)C2)C1C. The first kappa shape index (κ1) is 14.6. The van der Waals surface area contributed by atoms with Crippen molar-refractivity contribution < 1.29 is 0 Å². The van der Waals surface area contributed by atoms with Crippen LogP contribution in [0.4, 0.5) is 0 Å². The maximum Gasteiger partial charge on any atom is 0.0362 e. The van der Waals surface area contributed by atoms with E-state index >= 15 is 0 Å². The van der Waals surface area contributed by atoms with E-state index in [2.05, 4.69) is 49.4 Å². The summed E-state index contributed by atoms with van der Waals surface area (Å²) < 4.78 is 0. The van der Waals surface area contributed by atoms with Gasteiger partial charge in [0.2, 0.25) is 0 Å². The van der Waals surface area contributed by atoms with Crippen LogP contribution in [0.1, 0.15) is 33.6 Å². The fourth-order valence-corrected chi connectivity index (χ4v) is 4.68. The van der Waals surface area contributed by atoms with Crippen LogP contribution in [-0.4, -0.2) is 65.1 Å². The van der Waals surface area contributed by atoms with E-state index < -0.39 is 0 Å². The molecule has 4 heteroatoms. The number of nitrogens with two attached hydrogens (primary N) is 1. The Kier molecular flexibility index (Phi) is 4.63. The third kappa shape index (κ3) is 2.58. The molecule has 0 aromatic rings. The third-order valence-corrected chi connectivity index (χ3v) is 6.57. The van der Waals surface area contributed by atoms with Crippen molar-refractivity contribution in [1.29, 1.82) is 0 Å². The van der Waals surface area contributed by atoms with E-state index in [4.69, 9.17) is 5.73 Å². The Morgan fingerprint density at radius 2 is 2.00 bits per heavy atom. The summed E-state index contributed by atoms with van der Waals surface area (Å²) in [7, 11) is 2.24. The van der Waals surface area contributed by atoms with E-state index in [1.165, 1.54) is 31.7 Å². The van der Waals surface area contributed by atoms with E-state index in [1.807, 2.05) is 0 Å². The molecule has 2 heterocycles. The lowest BCUT2D eigenvalue weighted by molar-refractivity contribution is -0.0105. The van der Waals surface area contributed by atoms with Gasteiger partial charge in [-0.05, 0) is 40.3 Å². The van der Waals surface area contributed by atoms with Gasteiger partial charge in [-0.25, -0.2) is 0 Å². The molecule has 2 N–H and O–H groups in total. The second-order valence-corrected chi connectivity index (χ2v) is 7.71. The van der Waals surface area contributed by atoms with Gasteiger partial charge >= 0.3 is 0 Å². The Morgan fingerprint density at radius 1 is 1.28 bits per heavy atom. The first-order valence-corrected chi connectivity index (χ1v) is 8.34.